The van der Waals surface area contributed by atoms with E-state index in [0.29, 0.717) is 39.6 Å². The zero-order valence-corrected chi connectivity index (χ0v) is 15.4. The summed E-state index contributed by atoms with van der Waals surface area (Å²) >= 11 is 11.2. The molecule has 0 atom stereocenters. The van der Waals surface area contributed by atoms with Crippen LogP contribution in [0, 0.1) is 6.92 Å². The molecule has 2 aromatic rings. The van der Waals surface area contributed by atoms with Gasteiger partial charge in [-0.05, 0) is 50.3 Å². The first kappa shape index (κ1) is 17.5. The molecule has 130 valence electrons. The largest absolute Gasteiger partial charge is 0.485 e. The Balaban J connectivity index is 1.69. The molecule has 1 aliphatic heterocycles. The fraction of sp³-hybridized carbons (Fsp3) is 0.222. The standard InChI is InChI=1S/C18H17ClN2O3S/c1-3-21-17(22)15(20-18(21)25)9-12-7-8-13(24-12)10-23-16-6-4-5-14(19)11(16)2/h4-9H,3,10H2,1-2H3,(H,20,25)/b15-9+. The van der Waals surface area contributed by atoms with Gasteiger partial charge in [0, 0.05) is 23.2 Å². The molecule has 0 bridgehead atoms. The third-order valence-corrected chi connectivity index (χ3v) is 4.57. The van der Waals surface area contributed by atoms with E-state index in [4.69, 9.17) is 33.0 Å². The minimum Gasteiger partial charge on any atom is -0.485 e. The number of nitrogens with zero attached hydrogens (tertiary/aromatic N) is 1. The third-order valence-electron chi connectivity index (χ3n) is 3.84. The van der Waals surface area contributed by atoms with Crippen LogP contribution in [0.25, 0.3) is 6.08 Å². The Kier molecular flexibility index (Phi) is 5.11. The SMILES string of the molecule is CCN1C(=O)/C(=C\c2ccc(COc3cccc(Cl)c3C)o2)NC1=S. The second-order valence-corrected chi connectivity index (χ2v) is 6.29. The minimum atomic E-state index is -0.156. The molecule has 0 saturated carbocycles. The summed E-state index contributed by atoms with van der Waals surface area (Å²) in [4.78, 5) is 13.7. The van der Waals surface area contributed by atoms with Gasteiger partial charge in [0.1, 0.15) is 29.6 Å². The maximum absolute atomic E-state index is 12.2. The molecule has 0 radical (unpaired) electrons. The average Bonchev–Trinajstić information content (AvgIpc) is 3.14. The first-order chi connectivity index (χ1) is 12.0. The van der Waals surface area contributed by atoms with Crippen LogP contribution in [0.1, 0.15) is 24.0 Å². The van der Waals surface area contributed by atoms with Gasteiger partial charge in [0.05, 0.1) is 0 Å². The summed E-state index contributed by atoms with van der Waals surface area (Å²) in [7, 11) is 0. The molecule has 1 fully saturated rings. The molecule has 1 aromatic heterocycles. The van der Waals surface area contributed by atoms with Crippen LogP contribution in [0.5, 0.6) is 5.75 Å². The Morgan fingerprint density at radius 2 is 2.16 bits per heavy atom. The number of carbonyl (C=O) groups is 1. The molecular weight excluding hydrogens is 360 g/mol. The van der Waals surface area contributed by atoms with Crippen molar-refractivity contribution < 1.29 is 13.9 Å². The van der Waals surface area contributed by atoms with E-state index >= 15 is 0 Å². The van der Waals surface area contributed by atoms with E-state index in [1.54, 1.807) is 12.1 Å². The number of hydrogen-bond acceptors (Lipinski definition) is 4. The molecular formula is C18H17ClN2O3S. The van der Waals surface area contributed by atoms with Crippen LogP contribution >= 0.6 is 23.8 Å². The number of likely N-dealkylation sites (N-methyl/N-ethyl adjacent to an activating group) is 1. The van der Waals surface area contributed by atoms with Crippen LogP contribution in [-0.4, -0.2) is 22.5 Å². The van der Waals surface area contributed by atoms with E-state index in [1.165, 1.54) is 4.90 Å². The molecule has 1 N–H and O–H groups in total. The van der Waals surface area contributed by atoms with Gasteiger partial charge >= 0.3 is 0 Å². The zero-order chi connectivity index (χ0) is 18.0. The van der Waals surface area contributed by atoms with Crippen molar-refractivity contribution in [3.8, 4) is 5.75 Å². The monoisotopic (exact) mass is 376 g/mol. The number of benzene rings is 1. The van der Waals surface area contributed by atoms with E-state index in [0.717, 1.165) is 5.56 Å². The van der Waals surface area contributed by atoms with Gasteiger partial charge in [0.15, 0.2) is 5.11 Å². The molecule has 1 aromatic carbocycles. The summed E-state index contributed by atoms with van der Waals surface area (Å²) in [6.45, 7) is 4.56. The Labute approximate surface area is 156 Å². The van der Waals surface area contributed by atoms with E-state index in [9.17, 15) is 4.79 Å². The predicted octanol–water partition coefficient (Wildman–Crippen LogP) is 3.90. The van der Waals surface area contributed by atoms with Crippen LogP contribution < -0.4 is 10.1 Å². The molecule has 1 aliphatic rings. The fourth-order valence-electron chi connectivity index (χ4n) is 2.44. The number of amides is 1. The lowest BCUT2D eigenvalue weighted by Crippen LogP contribution is -2.30. The summed E-state index contributed by atoms with van der Waals surface area (Å²) < 4.78 is 11.5. The summed E-state index contributed by atoms with van der Waals surface area (Å²) in [5.74, 6) is 1.75. The molecule has 0 aliphatic carbocycles. The molecule has 25 heavy (non-hydrogen) atoms. The number of carbonyl (C=O) groups excluding carboxylic acids is 1. The third kappa shape index (κ3) is 3.70. The van der Waals surface area contributed by atoms with Crippen molar-refractivity contribution in [1.82, 2.24) is 10.2 Å². The second kappa shape index (κ2) is 7.29. The number of rotatable bonds is 5. The summed E-state index contributed by atoms with van der Waals surface area (Å²) in [6, 6.07) is 9.10. The highest BCUT2D eigenvalue weighted by Crippen LogP contribution is 2.26. The maximum atomic E-state index is 12.2. The lowest BCUT2D eigenvalue weighted by atomic mass is 10.2. The van der Waals surface area contributed by atoms with E-state index in [1.807, 2.05) is 38.1 Å². The summed E-state index contributed by atoms with van der Waals surface area (Å²) in [5, 5.41) is 3.96. The molecule has 0 spiro atoms. The smallest absolute Gasteiger partial charge is 0.276 e. The summed E-state index contributed by atoms with van der Waals surface area (Å²) in [6.07, 6.45) is 1.64. The van der Waals surface area contributed by atoms with Gasteiger partial charge in [-0.3, -0.25) is 9.69 Å². The maximum Gasteiger partial charge on any atom is 0.276 e. The van der Waals surface area contributed by atoms with Gasteiger partial charge in [0.25, 0.3) is 5.91 Å². The Morgan fingerprint density at radius 1 is 1.36 bits per heavy atom. The molecule has 7 heteroatoms. The average molecular weight is 377 g/mol. The number of nitrogens with one attached hydrogen (secondary N) is 1. The van der Waals surface area contributed by atoms with Crippen LogP contribution in [0.2, 0.25) is 5.02 Å². The van der Waals surface area contributed by atoms with E-state index in [-0.39, 0.29) is 12.5 Å². The van der Waals surface area contributed by atoms with Crippen molar-refractivity contribution in [2.75, 3.05) is 6.54 Å². The topological polar surface area (TPSA) is 54.7 Å². The lowest BCUT2D eigenvalue weighted by molar-refractivity contribution is -0.122. The van der Waals surface area contributed by atoms with E-state index in [2.05, 4.69) is 5.32 Å². The lowest BCUT2D eigenvalue weighted by Gasteiger charge is -2.08. The van der Waals surface area contributed by atoms with Crippen LogP contribution in [0.15, 0.2) is 40.4 Å². The van der Waals surface area contributed by atoms with Crippen molar-refractivity contribution in [2.24, 2.45) is 0 Å². The second-order valence-electron chi connectivity index (χ2n) is 5.49. The van der Waals surface area contributed by atoms with Gasteiger partial charge in [0.2, 0.25) is 0 Å². The van der Waals surface area contributed by atoms with Gasteiger partial charge in [-0.2, -0.15) is 0 Å². The molecule has 0 unspecified atom stereocenters. The van der Waals surface area contributed by atoms with Crippen molar-refractivity contribution in [2.45, 2.75) is 20.5 Å². The molecule has 1 amide bonds. The number of furan rings is 1. The zero-order valence-electron chi connectivity index (χ0n) is 13.8. The highest BCUT2D eigenvalue weighted by Gasteiger charge is 2.29. The number of ether oxygens (including phenoxy) is 1. The molecule has 5 nitrogen and oxygen atoms in total. The van der Waals surface area contributed by atoms with Gasteiger partial charge in [-0.15, -0.1) is 0 Å². The fourth-order valence-corrected chi connectivity index (χ4v) is 2.93. The molecule has 3 rings (SSSR count). The van der Waals surface area contributed by atoms with Crippen molar-refractivity contribution in [3.05, 3.63) is 58.1 Å². The molecule has 1 saturated heterocycles. The summed E-state index contributed by atoms with van der Waals surface area (Å²) in [5.41, 5.74) is 1.28. The first-order valence-electron chi connectivity index (χ1n) is 7.80. The molecule has 2 heterocycles. The first-order valence-corrected chi connectivity index (χ1v) is 8.59. The van der Waals surface area contributed by atoms with Gasteiger partial charge in [-0.1, -0.05) is 17.7 Å². The Morgan fingerprint density at radius 3 is 2.88 bits per heavy atom. The van der Waals surface area contributed by atoms with E-state index < -0.39 is 0 Å². The van der Waals surface area contributed by atoms with Crippen LogP contribution in [0.3, 0.4) is 0 Å². The number of thiocarbonyl (C=S) groups is 1. The number of halogens is 1. The normalized spacial score (nSPS) is 15.8. The van der Waals surface area contributed by atoms with Crippen molar-refractivity contribution >= 4 is 40.9 Å². The highest BCUT2D eigenvalue weighted by molar-refractivity contribution is 7.80. The quantitative estimate of drug-likeness (QED) is 0.633. The van der Waals surface area contributed by atoms with Crippen molar-refractivity contribution in [1.29, 1.82) is 0 Å². The van der Waals surface area contributed by atoms with Gasteiger partial charge in [-0.25, -0.2) is 0 Å². The Bertz CT molecular complexity index is 860. The van der Waals surface area contributed by atoms with Crippen molar-refractivity contribution in [3.63, 3.8) is 0 Å². The highest BCUT2D eigenvalue weighted by atomic mass is 35.5. The van der Waals surface area contributed by atoms with Gasteiger partial charge < -0.3 is 14.5 Å². The van der Waals surface area contributed by atoms with Crippen LogP contribution in [0.4, 0.5) is 0 Å². The minimum absolute atomic E-state index is 0.156. The number of hydrogen-bond donors (Lipinski definition) is 1. The van der Waals surface area contributed by atoms with Crippen LogP contribution in [-0.2, 0) is 11.4 Å². The predicted molar refractivity (Wildman–Crippen MR) is 100 cm³/mol. The Hall–Kier alpha value is -2.31.